The van der Waals surface area contributed by atoms with Gasteiger partial charge in [-0.3, -0.25) is 4.79 Å². The number of amides is 1. The van der Waals surface area contributed by atoms with Gasteiger partial charge in [0.25, 0.3) is 0 Å². The number of likely N-dealkylation sites (N-methyl/N-ethyl adjacent to an activating group) is 1. The first kappa shape index (κ1) is 15.7. The van der Waals surface area contributed by atoms with E-state index in [1.54, 1.807) is 4.90 Å². The van der Waals surface area contributed by atoms with Crippen LogP contribution in [0.1, 0.15) is 33.1 Å². The molecule has 1 aliphatic rings. The summed E-state index contributed by atoms with van der Waals surface area (Å²) in [7, 11) is 1.84. The molecule has 0 atom stereocenters. The smallest absolute Gasteiger partial charge is 0.241 e. The van der Waals surface area contributed by atoms with Crippen molar-refractivity contribution in [1.82, 2.24) is 4.90 Å². The van der Waals surface area contributed by atoms with Crippen LogP contribution in [0.25, 0.3) is 0 Å². The van der Waals surface area contributed by atoms with Gasteiger partial charge in [-0.15, -0.1) is 0 Å². The van der Waals surface area contributed by atoms with Gasteiger partial charge in [-0.25, -0.2) is 0 Å². The predicted molar refractivity (Wildman–Crippen MR) is 88.9 cm³/mol. The lowest BCUT2D eigenvalue weighted by atomic mass is 10.1. The molecule has 1 aromatic rings. The second kappa shape index (κ2) is 7.34. The van der Waals surface area contributed by atoms with Crippen molar-refractivity contribution in [3.8, 4) is 0 Å². The molecule has 21 heavy (non-hydrogen) atoms. The summed E-state index contributed by atoms with van der Waals surface area (Å²) in [5.41, 5.74) is 2.28. The quantitative estimate of drug-likeness (QED) is 0.905. The number of carbonyl (C=O) groups is 1. The van der Waals surface area contributed by atoms with Crippen molar-refractivity contribution in [2.45, 2.75) is 39.2 Å². The van der Waals surface area contributed by atoms with E-state index >= 15 is 0 Å². The standard InChI is InChI=1S/C17H27N3O/c1-14(2)19(3)17(21)13-18-15-7-9-16(10-8-15)20-11-5-4-6-12-20/h7-10,14,18H,4-6,11-13H2,1-3H3. The Kier molecular flexibility index (Phi) is 5.48. The molecule has 116 valence electrons. The van der Waals surface area contributed by atoms with Gasteiger partial charge in [0.05, 0.1) is 6.54 Å². The predicted octanol–water partition coefficient (Wildman–Crippen LogP) is 2.96. The van der Waals surface area contributed by atoms with Gasteiger partial charge in [0, 0.05) is 37.6 Å². The number of anilines is 2. The maximum Gasteiger partial charge on any atom is 0.241 e. The zero-order valence-corrected chi connectivity index (χ0v) is 13.4. The van der Waals surface area contributed by atoms with Crippen molar-refractivity contribution in [3.05, 3.63) is 24.3 Å². The van der Waals surface area contributed by atoms with Crippen molar-refractivity contribution in [3.63, 3.8) is 0 Å². The summed E-state index contributed by atoms with van der Waals surface area (Å²) in [6.07, 6.45) is 3.92. The van der Waals surface area contributed by atoms with E-state index in [2.05, 4.69) is 34.5 Å². The molecule has 1 saturated heterocycles. The zero-order chi connectivity index (χ0) is 15.2. The first-order chi connectivity index (χ1) is 10.1. The summed E-state index contributed by atoms with van der Waals surface area (Å²) >= 11 is 0. The summed E-state index contributed by atoms with van der Waals surface area (Å²) < 4.78 is 0. The lowest BCUT2D eigenvalue weighted by Crippen LogP contribution is -2.37. The van der Waals surface area contributed by atoms with Crippen molar-refractivity contribution >= 4 is 17.3 Å². The van der Waals surface area contributed by atoms with E-state index < -0.39 is 0 Å². The number of piperidine rings is 1. The van der Waals surface area contributed by atoms with Crippen LogP contribution in [0.5, 0.6) is 0 Å². The van der Waals surface area contributed by atoms with Gasteiger partial charge in [0.1, 0.15) is 0 Å². The molecule has 1 aliphatic heterocycles. The molecule has 1 N–H and O–H groups in total. The molecule has 2 rings (SSSR count). The van der Waals surface area contributed by atoms with E-state index in [9.17, 15) is 4.79 Å². The Hall–Kier alpha value is -1.71. The summed E-state index contributed by atoms with van der Waals surface area (Å²) in [5.74, 6) is 0.116. The molecule has 0 unspecified atom stereocenters. The van der Waals surface area contributed by atoms with Crippen LogP contribution in [0.15, 0.2) is 24.3 Å². The fourth-order valence-corrected chi connectivity index (χ4v) is 2.53. The Morgan fingerprint density at radius 1 is 1.19 bits per heavy atom. The number of hydrogen-bond donors (Lipinski definition) is 1. The molecule has 1 fully saturated rings. The van der Waals surface area contributed by atoms with E-state index in [1.165, 1.54) is 24.9 Å². The van der Waals surface area contributed by atoms with E-state index in [0.717, 1.165) is 18.8 Å². The van der Waals surface area contributed by atoms with Gasteiger partial charge < -0.3 is 15.1 Å². The van der Waals surface area contributed by atoms with Crippen LogP contribution in [0, 0.1) is 0 Å². The second-order valence-corrected chi connectivity index (χ2v) is 6.05. The highest BCUT2D eigenvalue weighted by Crippen LogP contribution is 2.21. The largest absolute Gasteiger partial charge is 0.376 e. The van der Waals surface area contributed by atoms with Crippen LogP contribution >= 0.6 is 0 Å². The summed E-state index contributed by atoms with van der Waals surface area (Å²) in [5, 5.41) is 3.20. The van der Waals surface area contributed by atoms with Crippen molar-refractivity contribution in [2.75, 3.05) is 36.9 Å². The van der Waals surface area contributed by atoms with Gasteiger partial charge in [0.15, 0.2) is 0 Å². The van der Waals surface area contributed by atoms with Gasteiger partial charge in [-0.1, -0.05) is 0 Å². The van der Waals surface area contributed by atoms with Crippen LogP contribution in [-0.2, 0) is 4.79 Å². The lowest BCUT2D eigenvalue weighted by molar-refractivity contribution is -0.129. The van der Waals surface area contributed by atoms with Crippen LogP contribution in [0.4, 0.5) is 11.4 Å². The molecule has 4 heteroatoms. The fraction of sp³-hybridized carbons (Fsp3) is 0.588. The molecule has 0 radical (unpaired) electrons. The molecule has 0 bridgehead atoms. The SMILES string of the molecule is CC(C)N(C)C(=O)CNc1ccc(N2CCCCC2)cc1. The Morgan fingerprint density at radius 3 is 2.38 bits per heavy atom. The molecule has 1 aromatic carbocycles. The highest BCUT2D eigenvalue weighted by molar-refractivity contribution is 5.81. The van der Waals surface area contributed by atoms with Gasteiger partial charge in [-0.2, -0.15) is 0 Å². The van der Waals surface area contributed by atoms with E-state index in [-0.39, 0.29) is 11.9 Å². The maximum absolute atomic E-state index is 11.9. The molecular weight excluding hydrogens is 262 g/mol. The summed E-state index contributed by atoms with van der Waals surface area (Å²) in [6, 6.07) is 8.65. The minimum Gasteiger partial charge on any atom is -0.376 e. The first-order valence-corrected chi connectivity index (χ1v) is 7.92. The van der Waals surface area contributed by atoms with Crippen molar-refractivity contribution in [1.29, 1.82) is 0 Å². The first-order valence-electron chi connectivity index (χ1n) is 7.92. The number of carbonyl (C=O) groups excluding carboxylic acids is 1. The normalized spacial score (nSPS) is 15.1. The van der Waals surface area contributed by atoms with Crippen molar-refractivity contribution in [2.24, 2.45) is 0 Å². The average Bonchev–Trinajstić information content (AvgIpc) is 2.53. The minimum absolute atomic E-state index is 0.116. The third-order valence-electron chi connectivity index (χ3n) is 4.20. The topological polar surface area (TPSA) is 35.6 Å². The van der Waals surface area contributed by atoms with E-state index in [0.29, 0.717) is 6.54 Å². The number of benzene rings is 1. The number of rotatable bonds is 5. The molecule has 0 saturated carbocycles. The Balaban J connectivity index is 1.86. The summed E-state index contributed by atoms with van der Waals surface area (Å²) in [6.45, 7) is 6.70. The summed E-state index contributed by atoms with van der Waals surface area (Å²) in [4.78, 5) is 16.1. The van der Waals surface area contributed by atoms with E-state index in [1.807, 2.05) is 20.9 Å². The average molecular weight is 289 g/mol. The number of nitrogens with zero attached hydrogens (tertiary/aromatic N) is 2. The molecule has 1 amide bonds. The Bertz CT molecular complexity index is 450. The highest BCUT2D eigenvalue weighted by atomic mass is 16.2. The fourth-order valence-electron chi connectivity index (χ4n) is 2.53. The van der Waals surface area contributed by atoms with Gasteiger partial charge in [0.2, 0.25) is 5.91 Å². The zero-order valence-electron chi connectivity index (χ0n) is 13.4. The van der Waals surface area contributed by atoms with Crippen LogP contribution < -0.4 is 10.2 Å². The maximum atomic E-state index is 11.9. The molecule has 4 nitrogen and oxygen atoms in total. The monoisotopic (exact) mass is 289 g/mol. The third kappa shape index (κ3) is 4.38. The van der Waals surface area contributed by atoms with Gasteiger partial charge >= 0.3 is 0 Å². The Morgan fingerprint density at radius 2 is 1.81 bits per heavy atom. The van der Waals surface area contributed by atoms with Gasteiger partial charge in [-0.05, 0) is 57.4 Å². The highest BCUT2D eigenvalue weighted by Gasteiger charge is 2.12. The number of hydrogen-bond acceptors (Lipinski definition) is 3. The van der Waals surface area contributed by atoms with E-state index in [4.69, 9.17) is 0 Å². The Labute approximate surface area is 128 Å². The molecular formula is C17H27N3O. The molecule has 0 spiro atoms. The lowest BCUT2D eigenvalue weighted by Gasteiger charge is -2.29. The van der Waals surface area contributed by atoms with Crippen LogP contribution in [0.2, 0.25) is 0 Å². The third-order valence-corrected chi connectivity index (χ3v) is 4.20. The van der Waals surface area contributed by atoms with Crippen LogP contribution in [-0.4, -0.2) is 43.5 Å². The molecule has 1 heterocycles. The van der Waals surface area contributed by atoms with Crippen LogP contribution in [0.3, 0.4) is 0 Å². The van der Waals surface area contributed by atoms with Crippen molar-refractivity contribution < 1.29 is 4.79 Å². The molecule has 0 aromatic heterocycles. The molecule has 0 aliphatic carbocycles. The number of nitrogens with one attached hydrogen (secondary N) is 1. The minimum atomic E-state index is 0.116. The second-order valence-electron chi connectivity index (χ2n) is 6.05.